The fraction of sp³-hybridized carbons (Fsp3) is 0.667. The van der Waals surface area contributed by atoms with Crippen LogP contribution in [0.1, 0.15) is 0 Å². The Kier molecular flexibility index (Phi) is 1.39. The molecule has 0 aromatic heterocycles. The van der Waals surface area contributed by atoms with Crippen LogP contribution in [0, 0.1) is 0 Å². The highest BCUT2D eigenvalue weighted by Gasteiger charge is 2.21. The molecule has 0 saturated carbocycles. The normalized spacial score (nSPS) is 30.4. The van der Waals surface area contributed by atoms with Crippen LogP contribution in [0.5, 0.6) is 0 Å². The van der Waals surface area contributed by atoms with Crippen LogP contribution in [0.4, 0.5) is 0 Å². The molecule has 0 fully saturated rings. The second kappa shape index (κ2) is 2.38. The lowest BCUT2D eigenvalue weighted by atomic mass is 10.4. The van der Waals surface area contributed by atoms with Crippen LogP contribution in [-0.2, 0) is 9.47 Å². The quantitative estimate of drug-likeness (QED) is 0.508. The second-order valence-corrected chi connectivity index (χ2v) is 2.12. The topological polar surface area (TPSA) is 43.2 Å². The summed E-state index contributed by atoms with van der Waals surface area (Å²) >= 11 is 0. The Morgan fingerprint density at radius 1 is 1.60 bits per heavy atom. The number of ether oxygens (including phenoxy) is 2. The molecule has 0 bridgehead atoms. The van der Waals surface area contributed by atoms with Gasteiger partial charge in [-0.25, -0.2) is 4.99 Å². The zero-order valence-electron chi connectivity index (χ0n) is 5.49. The van der Waals surface area contributed by atoms with Gasteiger partial charge in [0.15, 0.2) is 6.10 Å². The molecule has 10 heavy (non-hydrogen) atoms. The third-order valence-corrected chi connectivity index (χ3v) is 1.42. The highest BCUT2D eigenvalue weighted by atomic mass is 16.6. The molecule has 0 N–H and O–H groups in total. The van der Waals surface area contributed by atoms with Gasteiger partial charge in [-0.15, -0.1) is 0 Å². The molecule has 2 heterocycles. The minimum Gasteiger partial charge on any atom is -0.477 e. The van der Waals surface area contributed by atoms with Crippen molar-refractivity contribution in [3.05, 3.63) is 0 Å². The maximum Gasteiger partial charge on any atom is 0.219 e. The van der Waals surface area contributed by atoms with E-state index in [2.05, 4.69) is 9.98 Å². The SMILES string of the molecule is C1=NCOC1C1=NCCO1. The third kappa shape index (κ3) is 0.903. The van der Waals surface area contributed by atoms with Crippen molar-refractivity contribution in [2.24, 2.45) is 9.98 Å². The summed E-state index contributed by atoms with van der Waals surface area (Å²) in [5.74, 6) is 0.682. The van der Waals surface area contributed by atoms with Crippen LogP contribution in [0.2, 0.25) is 0 Å². The third-order valence-electron chi connectivity index (χ3n) is 1.42. The van der Waals surface area contributed by atoms with Crippen LogP contribution in [-0.4, -0.2) is 38.1 Å². The van der Waals surface area contributed by atoms with Crippen LogP contribution in [0.3, 0.4) is 0 Å². The van der Waals surface area contributed by atoms with Crippen LogP contribution in [0.15, 0.2) is 9.98 Å². The van der Waals surface area contributed by atoms with Crippen molar-refractivity contribution < 1.29 is 9.47 Å². The maximum absolute atomic E-state index is 5.17. The summed E-state index contributed by atoms with van der Waals surface area (Å²) in [6.45, 7) is 1.87. The zero-order chi connectivity index (χ0) is 6.81. The molecule has 0 spiro atoms. The van der Waals surface area contributed by atoms with Gasteiger partial charge in [0.05, 0.1) is 6.54 Å². The van der Waals surface area contributed by atoms with Gasteiger partial charge in [-0.05, 0) is 0 Å². The van der Waals surface area contributed by atoms with Gasteiger partial charge in [-0.1, -0.05) is 0 Å². The molecule has 1 unspecified atom stereocenters. The number of aliphatic imine (C=N–C) groups is 2. The molecule has 0 aromatic rings. The van der Waals surface area contributed by atoms with E-state index in [1.165, 1.54) is 0 Å². The van der Waals surface area contributed by atoms with E-state index >= 15 is 0 Å². The Hall–Kier alpha value is -0.900. The van der Waals surface area contributed by atoms with E-state index in [1.54, 1.807) is 6.21 Å². The monoisotopic (exact) mass is 140 g/mol. The minimum absolute atomic E-state index is 0.109. The molecule has 1 atom stereocenters. The molecule has 2 aliphatic rings. The van der Waals surface area contributed by atoms with Crippen molar-refractivity contribution in [3.8, 4) is 0 Å². The van der Waals surface area contributed by atoms with Gasteiger partial charge in [0, 0.05) is 6.21 Å². The van der Waals surface area contributed by atoms with Gasteiger partial charge >= 0.3 is 0 Å². The molecule has 0 amide bonds. The van der Waals surface area contributed by atoms with Gasteiger partial charge in [0.2, 0.25) is 5.90 Å². The first kappa shape index (κ1) is 5.85. The van der Waals surface area contributed by atoms with Gasteiger partial charge < -0.3 is 9.47 Å². The van der Waals surface area contributed by atoms with Crippen LogP contribution < -0.4 is 0 Å². The molecule has 0 saturated heterocycles. The second-order valence-electron chi connectivity index (χ2n) is 2.12. The van der Waals surface area contributed by atoms with Crippen molar-refractivity contribution in [1.29, 1.82) is 0 Å². The molecule has 4 nitrogen and oxygen atoms in total. The van der Waals surface area contributed by atoms with Gasteiger partial charge in [-0.3, -0.25) is 4.99 Å². The predicted molar refractivity (Wildman–Crippen MR) is 36.5 cm³/mol. The van der Waals surface area contributed by atoms with E-state index in [-0.39, 0.29) is 6.10 Å². The van der Waals surface area contributed by atoms with Gasteiger partial charge in [0.25, 0.3) is 0 Å². The summed E-state index contributed by atoms with van der Waals surface area (Å²) in [7, 11) is 0. The van der Waals surface area contributed by atoms with Crippen LogP contribution >= 0.6 is 0 Å². The van der Waals surface area contributed by atoms with E-state index in [9.17, 15) is 0 Å². The van der Waals surface area contributed by atoms with E-state index < -0.39 is 0 Å². The fourth-order valence-corrected chi connectivity index (χ4v) is 0.964. The first-order chi connectivity index (χ1) is 4.97. The highest BCUT2D eigenvalue weighted by molar-refractivity contribution is 5.97. The summed E-state index contributed by atoms with van der Waals surface area (Å²) in [4.78, 5) is 8.00. The number of hydrogen-bond acceptors (Lipinski definition) is 4. The Balaban J connectivity index is 2.04. The van der Waals surface area contributed by atoms with E-state index in [0.29, 0.717) is 19.2 Å². The molecule has 4 heteroatoms. The first-order valence-electron chi connectivity index (χ1n) is 3.25. The van der Waals surface area contributed by atoms with Crippen molar-refractivity contribution in [1.82, 2.24) is 0 Å². The predicted octanol–water partition coefficient (Wildman–Crippen LogP) is -0.158. The molecule has 0 radical (unpaired) electrons. The first-order valence-corrected chi connectivity index (χ1v) is 3.25. The van der Waals surface area contributed by atoms with Gasteiger partial charge in [-0.2, -0.15) is 0 Å². The summed E-state index contributed by atoms with van der Waals surface area (Å²) in [6.07, 6.45) is 1.62. The van der Waals surface area contributed by atoms with Gasteiger partial charge in [0.1, 0.15) is 13.3 Å². The van der Waals surface area contributed by atoms with Crippen molar-refractivity contribution in [3.63, 3.8) is 0 Å². The molecular weight excluding hydrogens is 132 g/mol. The Morgan fingerprint density at radius 2 is 2.60 bits per heavy atom. The van der Waals surface area contributed by atoms with Crippen molar-refractivity contribution in [2.45, 2.75) is 6.10 Å². The summed E-state index contributed by atoms with van der Waals surface area (Å²) < 4.78 is 10.3. The summed E-state index contributed by atoms with van der Waals surface area (Å²) in [6, 6.07) is 0. The van der Waals surface area contributed by atoms with E-state index in [4.69, 9.17) is 9.47 Å². The Morgan fingerprint density at radius 3 is 3.20 bits per heavy atom. The maximum atomic E-state index is 5.17. The average Bonchev–Trinajstić information content (AvgIpc) is 2.59. The highest BCUT2D eigenvalue weighted by Crippen LogP contribution is 2.05. The standard InChI is InChI=1S/C6H8N2O2/c1-2-9-6(8-1)5-3-7-4-10-5/h3,5H,1-2,4H2. The lowest BCUT2D eigenvalue weighted by molar-refractivity contribution is 0.149. The molecule has 54 valence electrons. The van der Waals surface area contributed by atoms with E-state index in [1.807, 2.05) is 0 Å². The Labute approximate surface area is 58.6 Å². The lowest BCUT2D eigenvalue weighted by Gasteiger charge is -2.04. The van der Waals surface area contributed by atoms with Crippen molar-refractivity contribution in [2.75, 3.05) is 19.9 Å². The largest absolute Gasteiger partial charge is 0.477 e. The molecule has 2 rings (SSSR count). The lowest BCUT2D eigenvalue weighted by Crippen LogP contribution is -2.22. The minimum atomic E-state index is -0.109. The summed E-state index contributed by atoms with van der Waals surface area (Å²) in [5.41, 5.74) is 0. The Bertz CT molecular complexity index is 188. The van der Waals surface area contributed by atoms with E-state index in [0.717, 1.165) is 6.54 Å². The smallest absolute Gasteiger partial charge is 0.219 e. The van der Waals surface area contributed by atoms with Crippen molar-refractivity contribution >= 4 is 12.1 Å². The molecule has 0 aliphatic carbocycles. The summed E-state index contributed by atoms with van der Waals surface area (Å²) in [5, 5.41) is 0. The number of hydrogen-bond donors (Lipinski definition) is 0. The number of nitrogens with zero attached hydrogens (tertiary/aromatic N) is 2. The molecular formula is C6H8N2O2. The van der Waals surface area contributed by atoms with Crippen LogP contribution in [0.25, 0.3) is 0 Å². The molecule has 0 aromatic carbocycles. The fourth-order valence-electron chi connectivity index (χ4n) is 0.964. The number of rotatable bonds is 1. The average molecular weight is 140 g/mol. The molecule has 2 aliphatic heterocycles. The zero-order valence-corrected chi connectivity index (χ0v) is 5.49.